The Morgan fingerprint density at radius 1 is 1.00 bits per heavy atom. The summed E-state index contributed by atoms with van der Waals surface area (Å²) in [7, 11) is 0. The molecule has 0 bridgehead atoms. The van der Waals surface area contributed by atoms with E-state index in [4.69, 9.17) is 0 Å². The van der Waals surface area contributed by atoms with E-state index in [0.717, 1.165) is 28.9 Å². The number of para-hydroxylation sites is 1. The minimum absolute atomic E-state index is 0.129. The van der Waals surface area contributed by atoms with E-state index in [2.05, 4.69) is 23.5 Å². The van der Waals surface area contributed by atoms with Crippen molar-refractivity contribution in [2.24, 2.45) is 5.92 Å². The molecule has 1 unspecified atom stereocenters. The number of aryl methyl sites for hydroxylation is 1. The summed E-state index contributed by atoms with van der Waals surface area (Å²) in [6.07, 6.45) is 1.27. The van der Waals surface area contributed by atoms with E-state index in [-0.39, 0.29) is 11.8 Å². The lowest BCUT2D eigenvalue weighted by molar-refractivity contribution is -0.129. The van der Waals surface area contributed by atoms with Crippen molar-refractivity contribution in [3.05, 3.63) is 95.6 Å². The van der Waals surface area contributed by atoms with E-state index in [1.807, 2.05) is 67.6 Å². The van der Waals surface area contributed by atoms with Gasteiger partial charge >= 0.3 is 0 Å². The van der Waals surface area contributed by atoms with Crippen LogP contribution in [-0.2, 0) is 16.0 Å². The number of hydrogen-bond donors (Lipinski definition) is 1. The quantitative estimate of drug-likeness (QED) is 0.655. The number of carbonyl (C=O) groups excluding carboxylic acids is 2. The third-order valence-corrected chi connectivity index (χ3v) is 5.33. The Kier molecular flexibility index (Phi) is 5.43. The highest BCUT2D eigenvalue weighted by Gasteiger charge is 2.38. The third kappa shape index (κ3) is 4.21. The number of carbonyl (C=O) groups is 2. The summed E-state index contributed by atoms with van der Waals surface area (Å²) in [6.45, 7) is 2.53. The van der Waals surface area contributed by atoms with Gasteiger partial charge in [-0.3, -0.25) is 9.59 Å². The van der Waals surface area contributed by atoms with Crippen LogP contribution in [0.3, 0.4) is 0 Å². The molecule has 29 heavy (non-hydrogen) atoms. The summed E-state index contributed by atoms with van der Waals surface area (Å²) in [5.41, 5.74) is 4.97. The first kappa shape index (κ1) is 18.9. The SMILES string of the molecule is Cc1cccc(NC(=O)C2CCN(c3ccccc3Cc3ccccc3)C2=O)c1. The first-order chi connectivity index (χ1) is 14.1. The number of rotatable bonds is 5. The molecule has 0 aromatic heterocycles. The number of hydrogen-bond acceptors (Lipinski definition) is 2. The Morgan fingerprint density at radius 2 is 1.76 bits per heavy atom. The first-order valence-electron chi connectivity index (χ1n) is 9.92. The molecule has 4 nitrogen and oxygen atoms in total. The molecular weight excluding hydrogens is 360 g/mol. The van der Waals surface area contributed by atoms with Crippen molar-refractivity contribution < 1.29 is 9.59 Å². The topological polar surface area (TPSA) is 49.4 Å². The summed E-state index contributed by atoms with van der Waals surface area (Å²) in [6, 6.07) is 25.8. The van der Waals surface area contributed by atoms with Crippen LogP contribution in [0.25, 0.3) is 0 Å². The smallest absolute Gasteiger partial charge is 0.239 e. The molecule has 3 aromatic carbocycles. The van der Waals surface area contributed by atoms with Gasteiger partial charge in [-0.25, -0.2) is 0 Å². The summed E-state index contributed by atoms with van der Waals surface area (Å²) in [5, 5.41) is 2.90. The lowest BCUT2D eigenvalue weighted by Crippen LogP contribution is -2.33. The van der Waals surface area contributed by atoms with E-state index in [1.165, 1.54) is 5.56 Å². The van der Waals surface area contributed by atoms with Crippen LogP contribution in [0.5, 0.6) is 0 Å². The first-order valence-corrected chi connectivity index (χ1v) is 9.92. The lowest BCUT2D eigenvalue weighted by Gasteiger charge is -2.20. The van der Waals surface area contributed by atoms with Gasteiger partial charge in [0.15, 0.2) is 0 Å². The monoisotopic (exact) mass is 384 g/mol. The molecule has 1 N–H and O–H groups in total. The van der Waals surface area contributed by atoms with Gasteiger partial charge < -0.3 is 10.2 Å². The van der Waals surface area contributed by atoms with Crippen molar-refractivity contribution in [2.45, 2.75) is 19.8 Å². The molecule has 1 heterocycles. The maximum atomic E-state index is 13.1. The summed E-state index contributed by atoms with van der Waals surface area (Å²) < 4.78 is 0. The van der Waals surface area contributed by atoms with Crippen LogP contribution in [-0.4, -0.2) is 18.4 Å². The van der Waals surface area contributed by atoms with Gasteiger partial charge in [-0.2, -0.15) is 0 Å². The molecule has 0 aliphatic carbocycles. The molecule has 1 aliphatic rings. The Morgan fingerprint density at radius 3 is 2.55 bits per heavy atom. The highest BCUT2D eigenvalue weighted by atomic mass is 16.2. The standard InChI is InChI=1S/C25H24N2O2/c1-18-8-7-12-21(16-18)26-24(28)22-14-15-27(25(22)29)23-13-6-5-11-20(23)17-19-9-3-2-4-10-19/h2-13,16,22H,14-15,17H2,1H3,(H,26,28). The Bertz CT molecular complexity index is 1030. The Labute approximate surface area is 171 Å². The molecule has 0 saturated carbocycles. The van der Waals surface area contributed by atoms with E-state index >= 15 is 0 Å². The largest absolute Gasteiger partial charge is 0.325 e. The third-order valence-electron chi connectivity index (χ3n) is 5.33. The summed E-state index contributed by atoms with van der Waals surface area (Å²) in [5.74, 6) is -1.01. The van der Waals surface area contributed by atoms with Gasteiger partial charge in [-0.1, -0.05) is 60.7 Å². The molecule has 1 aliphatic heterocycles. The Balaban J connectivity index is 1.51. The van der Waals surface area contributed by atoms with E-state index in [1.54, 1.807) is 4.90 Å². The van der Waals surface area contributed by atoms with Crippen molar-refractivity contribution in [1.29, 1.82) is 0 Å². The van der Waals surface area contributed by atoms with Gasteiger partial charge in [0.2, 0.25) is 11.8 Å². The number of amides is 2. The zero-order valence-electron chi connectivity index (χ0n) is 16.5. The van der Waals surface area contributed by atoms with Gasteiger partial charge in [-0.15, -0.1) is 0 Å². The number of anilines is 2. The van der Waals surface area contributed by atoms with Crippen molar-refractivity contribution in [1.82, 2.24) is 0 Å². The molecule has 2 amide bonds. The minimum atomic E-state index is -0.653. The fraction of sp³-hybridized carbons (Fsp3) is 0.200. The fourth-order valence-electron chi connectivity index (χ4n) is 3.85. The molecule has 0 spiro atoms. The van der Waals surface area contributed by atoms with Crippen LogP contribution in [0.2, 0.25) is 0 Å². The summed E-state index contributed by atoms with van der Waals surface area (Å²) in [4.78, 5) is 27.6. The van der Waals surface area contributed by atoms with Crippen molar-refractivity contribution in [3.63, 3.8) is 0 Å². The second-order valence-electron chi connectivity index (χ2n) is 7.48. The maximum Gasteiger partial charge on any atom is 0.239 e. The molecular formula is C25H24N2O2. The average Bonchev–Trinajstić information content (AvgIpc) is 3.10. The maximum absolute atomic E-state index is 13.1. The van der Waals surface area contributed by atoms with Crippen LogP contribution in [0.15, 0.2) is 78.9 Å². The molecule has 146 valence electrons. The van der Waals surface area contributed by atoms with Crippen LogP contribution < -0.4 is 10.2 Å². The second-order valence-corrected chi connectivity index (χ2v) is 7.48. The normalized spacial score (nSPS) is 16.1. The van der Waals surface area contributed by atoms with Gasteiger partial charge in [0, 0.05) is 17.9 Å². The molecule has 0 radical (unpaired) electrons. The van der Waals surface area contributed by atoms with Crippen molar-refractivity contribution in [2.75, 3.05) is 16.8 Å². The van der Waals surface area contributed by atoms with Crippen molar-refractivity contribution >= 4 is 23.2 Å². The van der Waals surface area contributed by atoms with Crippen LogP contribution in [0.4, 0.5) is 11.4 Å². The van der Waals surface area contributed by atoms with E-state index in [9.17, 15) is 9.59 Å². The van der Waals surface area contributed by atoms with E-state index < -0.39 is 5.92 Å². The van der Waals surface area contributed by atoms with Crippen LogP contribution in [0, 0.1) is 12.8 Å². The predicted octanol–water partition coefficient (Wildman–Crippen LogP) is 4.58. The lowest BCUT2D eigenvalue weighted by atomic mass is 10.0. The van der Waals surface area contributed by atoms with Gasteiger partial charge in [0.25, 0.3) is 0 Å². The number of nitrogens with zero attached hydrogens (tertiary/aromatic N) is 1. The average molecular weight is 384 g/mol. The van der Waals surface area contributed by atoms with Gasteiger partial charge in [0.05, 0.1) is 0 Å². The summed E-state index contributed by atoms with van der Waals surface area (Å²) >= 11 is 0. The van der Waals surface area contributed by atoms with E-state index in [0.29, 0.717) is 13.0 Å². The molecule has 3 aromatic rings. The zero-order valence-corrected chi connectivity index (χ0v) is 16.5. The second kappa shape index (κ2) is 8.31. The molecule has 1 saturated heterocycles. The molecule has 4 heteroatoms. The molecule has 1 atom stereocenters. The Hall–Kier alpha value is -3.40. The van der Waals surface area contributed by atoms with Crippen molar-refractivity contribution in [3.8, 4) is 0 Å². The van der Waals surface area contributed by atoms with Crippen LogP contribution >= 0.6 is 0 Å². The molecule has 4 rings (SSSR count). The van der Waals surface area contributed by atoms with Gasteiger partial charge in [-0.05, 0) is 54.7 Å². The highest BCUT2D eigenvalue weighted by molar-refractivity contribution is 6.13. The number of benzene rings is 3. The fourth-order valence-corrected chi connectivity index (χ4v) is 3.85. The number of nitrogens with one attached hydrogen (secondary N) is 1. The minimum Gasteiger partial charge on any atom is -0.325 e. The zero-order chi connectivity index (χ0) is 20.2. The molecule has 1 fully saturated rings. The highest BCUT2D eigenvalue weighted by Crippen LogP contribution is 2.30. The predicted molar refractivity (Wildman–Crippen MR) is 116 cm³/mol. The van der Waals surface area contributed by atoms with Crippen LogP contribution in [0.1, 0.15) is 23.1 Å². The van der Waals surface area contributed by atoms with Gasteiger partial charge in [0.1, 0.15) is 5.92 Å².